The van der Waals surface area contributed by atoms with Gasteiger partial charge in [-0.15, -0.1) is 0 Å². The van der Waals surface area contributed by atoms with Gasteiger partial charge in [-0.25, -0.2) is 9.78 Å². The van der Waals surface area contributed by atoms with Crippen molar-refractivity contribution in [3.63, 3.8) is 0 Å². The van der Waals surface area contributed by atoms with Crippen LogP contribution in [0, 0.1) is 0 Å². The van der Waals surface area contributed by atoms with Gasteiger partial charge in [-0.05, 0) is 19.9 Å². The Labute approximate surface area is 141 Å². The summed E-state index contributed by atoms with van der Waals surface area (Å²) in [6, 6.07) is 2.96. The lowest BCUT2D eigenvalue weighted by Crippen LogP contribution is -2.48. The summed E-state index contributed by atoms with van der Waals surface area (Å²) >= 11 is 0. The number of methoxy groups -OCH3 is 1. The fraction of sp³-hybridized carbons (Fsp3) is 0.562. The summed E-state index contributed by atoms with van der Waals surface area (Å²) in [5, 5.41) is 5.31. The fourth-order valence-electron chi connectivity index (χ4n) is 2.57. The third-order valence-corrected chi connectivity index (χ3v) is 3.60. The Morgan fingerprint density at radius 3 is 2.62 bits per heavy atom. The van der Waals surface area contributed by atoms with E-state index in [1.165, 1.54) is 13.3 Å². The van der Waals surface area contributed by atoms with Crippen LogP contribution in [0.25, 0.3) is 0 Å². The minimum atomic E-state index is -0.376. The normalized spacial score (nSPS) is 20.4. The Hall–Kier alpha value is -2.35. The maximum Gasteiger partial charge on any atom is 0.319 e. The van der Waals surface area contributed by atoms with Crippen LogP contribution in [0.15, 0.2) is 18.3 Å². The molecule has 8 heteroatoms. The zero-order valence-electron chi connectivity index (χ0n) is 14.2. The van der Waals surface area contributed by atoms with Crippen molar-refractivity contribution in [1.29, 1.82) is 0 Å². The van der Waals surface area contributed by atoms with Gasteiger partial charge in [0.05, 0.1) is 31.2 Å². The summed E-state index contributed by atoms with van der Waals surface area (Å²) in [7, 11) is 1.52. The van der Waals surface area contributed by atoms with Crippen LogP contribution >= 0.6 is 0 Å². The zero-order chi connectivity index (χ0) is 17.5. The number of ether oxygens (including phenoxy) is 2. The quantitative estimate of drug-likeness (QED) is 0.844. The first-order valence-electron chi connectivity index (χ1n) is 7.96. The Kier molecular flexibility index (Phi) is 6.36. The van der Waals surface area contributed by atoms with E-state index in [9.17, 15) is 9.59 Å². The lowest BCUT2D eigenvalue weighted by molar-refractivity contribution is -0.143. The van der Waals surface area contributed by atoms with E-state index in [4.69, 9.17) is 9.47 Å². The lowest BCUT2D eigenvalue weighted by Gasteiger charge is -2.35. The second kappa shape index (κ2) is 8.49. The van der Waals surface area contributed by atoms with E-state index in [1.54, 1.807) is 17.0 Å². The minimum Gasteiger partial charge on any atom is -0.481 e. The molecule has 1 aromatic heterocycles. The van der Waals surface area contributed by atoms with Crippen LogP contribution in [0.4, 0.5) is 10.5 Å². The molecule has 0 unspecified atom stereocenters. The van der Waals surface area contributed by atoms with Gasteiger partial charge >= 0.3 is 6.03 Å². The maximum atomic E-state index is 12.2. The zero-order valence-corrected chi connectivity index (χ0v) is 14.2. The molecule has 1 fully saturated rings. The predicted molar refractivity (Wildman–Crippen MR) is 89.0 cm³/mol. The van der Waals surface area contributed by atoms with Crippen molar-refractivity contribution in [3.8, 4) is 5.88 Å². The maximum absolute atomic E-state index is 12.2. The van der Waals surface area contributed by atoms with Crippen LogP contribution in [0.1, 0.15) is 20.3 Å². The highest BCUT2D eigenvalue weighted by atomic mass is 16.5. The number of urea groups is 1. The van der Waals surface area contributed by atoms with Gasteiger partial charge < -0.3 is 25.0 Å². The molecule has 0 aliphatic carbocycles. The van der Waals surface area contributed by atoms with Gasteiger partial charge in [0, 0.05) is 32.1 Å². The first kappa shape index (κ1) is 18.0. The number of carbonyl (C=O) groups excluding carboxylic acids is 2. The monoisotopic (exact) mass is 336 g/mol. The Morgan fingerprint density at radius 1 is 1.33 bits per heavy atom. The van der Waals surface area contributed by atoms with Crippen molar-refractivity contribution < 1.29 is 19.1 Å². The number of aromatic nitrogens is 1. The lowest BCUT2D eigenvalue weighted by atomic mass is 10.2. The summed E-state index contributed by atoms with van der Waals surface area (Å²) in [6.07, 6.45) is 1.83. The highest BCUT2D eigenvalue weighted by molar-refractivity contribution is 5.89. The number of nitrogens with one attached hydrogen (secondary N) is 2. The van der Waals surface area contributed by atoms with Crippen LogP contribution in [-0.4, -0.2) is 60.8 Å². The number of hydrogen-bond acceptors (Lipinski definition) is 5. The predicted octanol–water partition coefficient (Wildman–Crippen LogP) is 1.24. The molecular formula is C16H24N4O4. The largest absolute Gasteiger partial charge is 0.481 e. The molecule has 2 N–H and O–H groups in total. The number of hydrogen-bond donors (Lipinski definition) is 2. The summed E-state index contributed by atoms with van der Waals surface area (Å²) in [5.41, 5.74) is 0.551. The average Bonchev–Trinajstić information content (AvgIpc) is 2.54. The highest BCUT2D eigenvalue weighted by Gasteiger charge is 2.25. The van der Waals surface area contributed by atoms with E-state index in [1.807, 2.05) is 13.8 Å². The average molecular weight is 336 g/mol. The molecular weight excluding hydrogens is 312 g/mol. The van der Waals surface area contributed by atoms with Crippen LogP contribution < -0.4 is 15.4 Å². The second-order valence-electron chi connectivity index (χ2n) is 5.78. The van der Waals surface area contributed by atoms with Crippen molar-refractivity contribution in [2.24, 2.45) is 0 Å². The molecule has 1 saturated heterocycles. The molecule has 1 aliphatic heterocycles. The molecule has 1 aliphatic rings. The fourth-order valence-corrected chi connectivity index (χ4v) is 2.57. The van der Waals surface area contributed by atoms with Crippen LogP contribution in [0.5, 0.6) is 5.88 Å². The van der Waals surface area contributed by atoms with Crippen LogP contribution in [-0.2, 0) is 9.53 Å². The molecule has 8 nitrogen and oxygen atoms in total. The van der Waals surface area contributed by atoms with E-state index in [0.29, 0.717) is 24.7 Å². The van der Waals surface area contributed by atoms with E-state index in [0.717, 1.165) is 0 Å². The molecule has 2 rings (SSSR count). The molecule has 0 radical (unpaired) electrons. The first-order chi connectivity index (χ1) is 11.5. The minimum absolute atomic E-state index is 0.0171. The van der Waals surface area contributed by atoms with Gasteiger partial charge in [-0.3, -0.25) is 4.79 Å². The molecule has 0 bridgehead atoms. The van der Waals surface area contributed by atoms with Gasteiger partial charge in [0.15, 0.2) is 0 Å². The second-order valence-corrected chi connectivity index (χ2v) is 5.78. The Morgan fingerprint density at radius 2 is 2.04 bits per heavy atom. The summed E-state index contributed by atoms with van der Waals surface area (Å²) in [5.74, 6) is 0.490. The highest BCUT2D eigenvalue weighted by Crippen LogP contribution is 2.12. The number of rotatable bonds is 5. The molecule has 24 heavy (non-hydrogen) atoms. The SMILES string of the molecule is COc1ccc(NC(=O)NCCC(=O)N2C[C@@H](C)O[C@H](C)C2)cn1. The van der Waals surface area contributed by atoms with E-state index in [-0.39, 0.29) is 37.1 Å². The topological polar surface area (TPSA) is 92.8 Å². The van der Waals surface area contributed by atoms with E-state index >= 15 is 0 Å². The van der Waals surface area contributed by atoms with Crippen molar-refractivity contribution in [2.75, 3.05) is 32.1 Å². The molecule has 1 aromatic rings. The van der Waals surface area contributed by atoms with Crippen LogP contribution in [0.2, 0.25) is 0 Å². The van der Waals surface area contributed by atoms with Crippen LogP contribution in [0.3, 0.4) is 0 Å². The van der Waals surface area contributed by atoms with Gasteiger partial charge in [-0.2, -0.15) is 0 Å². The third-order valence-electron chi connectivity index (χ3n) is 3.60. The van der Waals surface area contributed by atoms with Crippen molar-refractivity contribution in [2.45, 2.75) is 32.5 Å². The number of morpholine rings is 1. The molecule has 3 amide bonds. The van der Waals surface area contributed by atoms with Gasteiger partial charge in [0.2, 0.25) is 11.8 Å². The number of carbonyl (C=O) groups is 2. The molecule has 0 aromatic carbocycles. The number of pyridine rings is 1. The molecule has 2 heterocycles. The first-order valence-corrected chi connectivity index (χ1v) is 7.96. The summed E-state index contributed by atoms with van der Waals surface area (Å²) in [6.45, 7) is 5.35. The van der Waals surface area contributed by atoms with Gasteiger partial charge in [-0.1, -0.05) is 0 Å². The Balaban J connectivity index is 1.70. The smallest absolute Gasteiger partial charge is 0.319 e. The molecule has 0 spiro atoms. The number of amides is 3. The van der Waals surface area contributed by atoms with E-state index < -0.39 is 0 Å². The summed E-state index contributed by atoms with van der Waals surface area (Å²) in [4.78, 5) is 29.8. The third kappa shape index (κ3) is 5.38. The van der Waals surface area contributed by atoms with Crippen molar-refractivity contribution in [1.82, 2.24) is 15.2 Å². The molecule has 2 atom stereocenters. The van der Waals surface area contributed by atoms with Crippen molar-refractivity contribution in [3.05, 3.63) is 18.3 Å². The standard InChI is InChI=1S/C16H24N4O4/c1-11-9-20(10-12(2)24-11)15(21)6-7-17-16(22)19-13-4-5-14(23-3)18-8-13/h4-5,8,11-12H,6-7,9-10H2,1-3H3,(H2,17,19,22)/t11-,12-/m1/s1. The number of anilines is 1. The van der Waals surface area contributed by atoms with Gasteiger partial charge in [0.1, 0.15) is 0 Å². The van der Waals surface area contributed by atoms with E-state index in [2.05, 4.69) is 15.6 Å². The van der Waals surface area contributed by atoms with Gasteiger partial charge in [0.25, 0.3) is 0 Å². The summed E-state index contributed by atoms with van der Waals surface area (Å²) < 4.78 is 10.6. The Bertz CT molecular complexity index is 554. The number of nitrogens with zero attached hydrogens (tertiary/aromatic N) is 2. The molecule has 132 valence electrons. The molecule has 0 saturated carbocycles. The van der Waals surface area contributed by atoms with Crippen molar-refractivity contribution >= 4 is 17.6 Å².